The van der Waals surface area contributed by atoms with Crippen LogP contribution in [-0.2, 0) is 28.7 Å². The van der Waals surface area contributed by atoms with Gasteiger partial charge in [-0.3, -0.25) is 19.2 Å². The number of amides is 4. The minimum atomic E-state index is -1.21. The molecule has 0 aliphatic carbocycles. The number of alkyl carbamates (subject to hydrolysis) is 1. The molecule has 3 unspecified atom stereocenters. The average molecular weight is 618 g/mol. The minimum absolute atomic E-state index is 0.0380. The van der Waals surface area contributed by atoms with E-state index in [9.17, 15) is 33.2 Å². The summed E-state index contributed by atoms with van der Waals surface area (Å²) in [6.45, 7) is 7.61. The molecule has 0 spiro atoms. The molecule has 1 aliphatic heterocycles. The summed E-state index contributed by atoms with van der Waals surface area (Å²) in [5.74, 6) is -4.71. The molecule has 0 radical (unpaired) electrons. The number of halogens is 1. The molecule has 1 saturated heterocycles. The maximum atomic E-state index is 14.0. The first-order valence-corrected chi connectivity index (χ1v) is 14.5. The van der Waals surface area contributed by atoms with Crippen LogP contribution in [0.15, 0.2) is 24.3 Å². The molecule has 14 heteroatoms. The van der Waals surface area contributed by atoms with Crippen LogP contribution < -0.4 is 21.3 Å². The van der Waals surface area contributed by atoms with Gasteiger partial charge in [0.15, 0.2) is 12.4 Å². The van der Waals surface area contributed by atoms with Crippen LogP contribution >= 0.6 is 0 Å². The molecule has 0 bridgehead atoms. The standard InChI is InChI=1S/C30H40FN5O8/c1-16(2)24(36-29(42)44-30(3,4)5)28(41)43-15-22(37)20(13-18-9-7-11-32-26(18)39)34-23(38)14-33-27(40)21-12-17-8-6-10-19(31)25(17)35-21/h6,8,10,12,16,18,20,24,35H,7,9,11,13-15H2,1-5H3,(H,32,39)(H,33,40)(H,34,38)(H,36,42). The number of H-pyrrole nitrogens is 1. The second-order valence-electron chi connectivity index (χ2n) is 12.0. The van der Waals surface area contributed by atoms with Gasteiger partial charge < -0.3 is 35.7 Å². The van der Waals surface area contributed by atoms with E-state index in [0.29, 0.717) is 24.8 Å². The number of carbonyl (C=O) groups is 6. The zero-order chi connectivity index (χ0) is 32.6. The highest BCUT2D eigenvalue weighted by Gasteiger charge is 2.33. The fourth-order valence-corrected chi connectivity index (χ4v) is 4.62. The second kappa shape index (κ2) is 14.8. The van der Waals surface area contributed by atoms with E-state index in [1.54, 1.807) is 40.7 Å². The van der Waals surface area contributed by atoms with Gasteiger partial charge in [-0.2, -0.15) is 0 Å². The fraction of sp³-hybridized carbons (Fsp3) is 0.533. The van der Waals surface area contributed by atoms with Gasteiger partial charge in [-0.1, -0.05) is 26.0 Å². The number of hydrogen-bond acceptors (Lipinski definition) is 8. The lowest BCUT2D eigenvalue weighted by Gasteiger charge is -2.27. The zero-order valence-corrected chi connectivity index (χ0v) is 25.5. The number of piperidine rings is 1. The summed E-state index contributed by atoms with van der Waals surface area (Å²) in [6, 6.07) is 3.50. The number of benzene rings is 1. The number of hydrogen-bond donors (Lipinski definition) is 5. The van der Waals surface area contributed by atoms with Gasteiger partial charge in [-0.15, -0.1) is 0 Å². The quantitative estimate of drug-likeness (QED) is 0.224. The third-order valence-electron chi connectivity index (χ3n) is 6.85. The van der Waals surface area contributed by atoms with Gasteiger partial charge in [0.2, 0.25) is 11.8 Å². The number of nitrogens with one attached hydrogen (secondary N) is 5. The van der Waals surface area contributed by atoms with E-state index in [4.69, 9.17) is 9.47 Å². The van der Waals surface area contributed by atoms with Crippen LogP contribution in [0.5, 0.6) is 0 Å². The first kappa shape index (κ1) is 34.0. The molecule has 1 aromatic heterocycles. The lowest BCUT2D eigenvalue weighted by atomic mass is 9.90. The lowest BCUT2D eigenvalue weighted by Crippen LogP contribution is -2.50. The number of fused-ring (bicyclic) bond motifs is 1. The predicted octanol–water partition coefficient (Wildman–Crippen LogP) is 2.10. The Morgan fingerprint density at radius 1 is 1.11 bits per heavy atom. The molecule has 240 valence electrons. The molecular weight excluding hydrogens is 577 g/mol. The molecule has 44 heavy (non-hydrogen) atoms. The zero-order valence-electron chi connectivity index (χ0n) is 25.5. The number of para-hydroxylation sites is 1. The van der Waals surface area contributed by atoms with Gasteiger partial charge in [0.05, 0.1) is 18.1 Å². The van der Waals surface area contributed by atoms with Crippen molar-refractivity contribution in [3.63, 3.8) is 0 Å². The Hall–Kier alpha value is -4.49. The topological polar surface area (TPSA) is 185 Å². The maximum absolute atomic E-state index is 14.0. The van der Waals surface area contributed by atoms with Crippen LogP contribution in [0.25, 0.3) is 10.9 Å². The van der Waals surface area contributed by atoms with E-state index in [0.717, 1.165) is 0 Å². The highest BCUT2D eigenvalue weighted by atomic mass is 19.1. The van der Waals surface area contributed by atoms with E-state index in [-0.39, 0.29) is 23.5 Å². The Kier molecular flexibility index (Phi) is 11.4. The molecule has 0 saturated carbocycles. The summed E-state index contributed by atoms with van der Waals surface area (Å²) in [6.07, 6.45) is 0.308. The van der Waals surface area contributed by atoms with Crippen molar-refractivity contribution < 1.29 is 42.6 Å². The normalized spacial score (nSPS) is 16.4. The molecule has 3 rings (SSSR count). The van der Waals surface area contributed by atoms with Gasteiger partial charge in [0.1, 0.15) is 23.2 Å². The number of ketones is 1. The first-order valence-electron chi connectivity index (χ1n) is 14.5. The summed E-state index contributed by atoms with van der Waals surface area (Å²) in [5.41, 5.74) is -0.611. The van der Waals surface area contributed by atoms with E-state index >= 15 is 0 Å². The van der Waals surface area contributed by atoms with E-state index < -0.39 is 78.1 Å². The molecule has 13 nitrogen and oxygen atoms in total. The van der Waals surface area contributed by atoms with Gasteiger partial charge in [0, 0.05) is 17.8 Å². The molecule has 1 aromatic carbocycles. The van der Waals surface area contributed by atoms with Gasteiger partial charge >= 0.3 is 12.1 Å². The minimum Gasteiger partial charge on any atom is -0.456 e. The molecule has 3 atom stereocenters. The SMILES string of the molecule is CC(C)C(NC(=O)OC(C)(C)C)C(=O)OCC(=O)C(CC1CCCNC1=O)NC(=O)CNC(=O)c1cc2cccc(F)c2[nH]1. The molecule has 2 heterocycles. The van der Waals surface area contributed by atoms with Crippen molar-refractivity contribution in [2.24, 2.45) is 11.8 Å². The fourth-order valence-electron chi connectivity index (χ4n) is 4.62. The summed E-state index contributed by atoms with van der Waals surface area (Å²) < 4.78 is 24.4. The predicted molar refractivity (Wildman–Crippen MR) is 157 cm³/mol. The van der Waals surface area contributed by atoms with Crippen LogP contribution in [0.1, 0.15) is 64.4 Å². The third-order valence-corrected chi connectivity index (χ3v) is 6.85. The van der Waals surface area contributed by atoms with E-state index in [2.05, 4.69) is 26.3 Å². The number of ether oxygens (including phenoxy) is 2. The van der Waals surface area contributed by atoms with Gasteiger partial charge in [-0.25, -0.2) is 14.0 Å². The summed E-state index contributed by atoms with van der Waals surface area (Å²) in [7, 11) is 0. The largest absolute Gasteiger partial charge is 0.456 e. The molecule has 4 amide bonds. The number of esters is 1. The molecule has 1 fully saturated rings. The van der Waals surface area contributed by atoms with Crippen LogP contribution in [0.2, 0.25) is 0 Å². The van der Waals surface area contributed by atoms with E-state index in [1.807, 2.05) is 0 Å². The Morgan fingerprint density at radius 3 is 2.48 bits per heavy atom. The molecule has 1 aliphatic rings. The van der Waals surface area contributed by atoms with Crippen molar-refractivity contribution in [3.05, 3.63) is 35.8 Å². The first-order chi connectivity index (χ1) is 20.6. The molecular formula is C30H40FN5O8. The van der Waals surface area contributed by atoms with E-state index in [1.165, 1.54) is 18.2 Å². The second-order valence-corrected chi connectivity index (χ2v) is 12.0. The lowest BCUT2D eigenvalue weighted by molar-refractivity contribution is -0.152. The van der Waals surface area contributed by atoms with Gasteiger partial charge in [-0.05, 0) is 58.1 Å². The van der Waals surface area contributed by atoms with Crippen LogP contribution in [0.3, 0.4) is 0 Å². The van der Waals surface area contributed by atoms with Gasteiger partial charge in [0.25, 0.3) is 5.91 Å². The number of Topliss-reactive ketones (excluding diaryl/α,β-unsaturated/α-hetero) is 1. The average Bonchev–Trinajstić information content (AvgIpc) is 3.39. The summed E-state index contributed by atoms with van der Waals surface area (Å²) in [4.78, 5) is 78.7. The smallest absolute Gasteiger partial charge is 0.408 e. The molecule has 2 aromatic rings. The Balaban J connectivity index is 1.63. The van der Waals surface area contributed by atoms with Crippen molar-refractivity contribution in [1.29, 1.82) is 0 Å². The van der Waals surface area contributed by atoms with Crippen molar-refractivity contribution >= 4 is 46.5 Å². The Bertz CT molecular complexity index is 1400. The summed E-state index contributed by atoms with van der Waals surface area (Å²) in [5, 5.41) is 10.6. The van der Waals surface area contributed by atoms with Crippen molar-refractivity contribution in [1.82, 2.24) is 26.3 Å². The van der Waals surface area contributed by atoms with Crippen molar-refractivity contribution in [2.45, 2.75) is 71.6 Å². The third kappa shape index (κ3) is 9.78. The number of aromatic nitrogens is 1. The van der Waals surface area contributed by atoms with Crippen LogP contribution in [-0.4, -0.2) is 77.9 Å². The highest BCUT2D eigenvalue weighted by molar-refractivity contribution is 6.00. The number of rotatable bonds is 12. The van der Waals surface area contributed by atoms with Crippen LogP contribution in [0, 0.1) is 17.7 Å². The van der Waals surface area contributed by atoms with Crippen molar-refractivity contribution in [2.75, 3.05) is 19.7 Å². The summed E-state index contributed by atoms with van der Waals surface area (Å²) >= 11 is 0. The Morgan fingerprint density at radius 2 is 1.84 bits per heavy atom. The number of carbonyl (C=O) groups excluding carboxylic acids is 6. The highest BCUT2D eigenvalue weighted by Crippen LogP contribution is 2.19. The van der Waals surface area contributed by atoms with Crippen LogP contribution in [0.4, 0.5) is 9.18 Å². The maximum Gasteiger partial charge on any atom is 0.408 e. The Labute approximate surface area is 254 Å². The molecule has 5 N–H and O–H groups in total. The van der Waals surface area contributed by atoms with Crippen molar-refractivity contribution in [3.8, 4) is 0 Å². The number of aromatic amines is 1. The monoisotopic (exact) mass is 617 g/mol.